The van der Waals surface area contributed by atoms with Crippen LogP contribution in [0.1, 0.15) is 330 Å². The average molecular weight is 1410 g/mol. The number of phosphoric acid groups is 2. The molecule has 0 heterocycles. The van der Waals surface area contributed by atoms with Gasteiger partial charge in [-0.05, 0) is 142 Å². The van der Waals surface area contributed by atoms with E-state index in [1.54, 1.807) is 6.92 Å². The summed E-state index contributed by atoms with van der Waals surface area (Å²) in [5.74, 6) is -2.26. The number of hydrogen-bond donors (Lipinski definition) is 3. The Bertz CT molecular complexity index is 2140. The number of esters is 4. The number of hydrogen-bond acceptors (Lipinski definition) is 15. The van der Waals surface area contributed by atoms with Crippen molar-refractivity contribution in [3.8, 4) is 0 Å². The van der Waals surface area contributed by atoms with E-state index in [9.17, 15) is 43.2 Å². The minimum atomic E-state index is -4.96. The maximum absolute atomic E-state index is 13.0. The lowest BCUT2D eigenvalue weighted by atomic mass is 10.1. The van der Waals surface area contributed by atoms with Gasteiger partial charge in [-0.25, -0.2) is 9.13 Å². The van der Waals surface area contributed by atoms with Crippen molar-refractivity contribution in [2.75, 3.05) is 39.6 Å². The van der Waals surface area contributed by atoms with Crippen LogP contribution in [-0.2, 0) is 65.4 Å². The van der Waals surface area contributed by atoms with Crippen molar-refractivity contribution < 1.29 is 80.2 Å². The molecule has 0 aromatic heterocycles. The highest BCUT2D eigenvalue weighted by Gasteiger charge is 2.30. The Morgan fingerprint density at radius 1 is 0.309 bits per heavy atom. The summed E-state index contributed by atoms with van der Waals surface area (Å²) in [6, 6.07) is 0. The molecule has 0 fully saturated rings. The molecule has 564 valence electrons. The van der Waals surface area contributed by atoms with Crippen LogP contribution in [0.5, 0.6) is 0 Å². The van der Waals surface area contributed by atoms with Crippen molar-refractivity contribution in [3.63, 3.8) is 0 Å². The maximum atomic E-state index is 13.0. The third kappa shape index (κ3) is 74.8. The van der Waals surface area contributed by atoms with Crippen molar-refractivity contribution in [1.29, 1.82) is 0 Å². The predicted molar refractivity (Wildman–Crippen MR) is 397 cm³/mol. The number of phosphoric ester groups is 2. The van der Waals surface area contributed by atoms with Crippen LogP contribution in [0.4, 0.5) is 0 Å². The molecule has 3 N–H and O–H groups in total. The standard InChI is InChI=1S/C67H120O17P2.C11H20/c1-5-9-12-15-18-21-24-27-30-33-36-39-42-45-48-52-65(70)78-58-63(84-67(72)54-50-47-44-41-38-35-32-29-26-23-20-17-14-11-7-3)60-82-86(75,76)80-56-61(68)55-79-85(73,74)81-59-62(57-77-64(69)51-8-4)83-66(71)53-49-46-43-40-37-34-31-28-25-22-19-16-13-10-6-2;1-3-5-7-9-11-10-8-6-4-2/h18-19,21-22,27-32,61-63,68H,5-17,20,23-26,33-60H2,1-4H3,(H,73,74)(H,75,76);3,5,9,11H,4,6-8,10H2,1-2H3/b21-18+,22-19-,30-27+,31-28+,32-29+;5-3+,11-9+/t61-,62+,63+;/m0./s1. The summed E-state index contributed by atoms with van der Waals surface area (Å²) in [6.07, 6.45) is 71.0. The van der Waals surface area contributed by atoms with Crippen LogP contribution in [-0.4, -0.2) is 96.7 Å². The Morgan fingerprint density at radius 2 is 0.567 bits per heavy atom. The monoisotopic (exact) mass is 1410 g/mol. The second-order valence-corrected chi connectivity index (χ2v) is 28.1. The van der Waals surface area contributed by atoms with Gasteiger partial charge >= 0.3 is 39.5 Å². The minimum absolute atomic E-state index is 0.0798. The van der Waals surface area contributed by atoms with E-state index in [0.717, 1.165) is 135 Å². The van der Waals surface area contributed by atoms with Crippen LogP contribution >= 0.6 is 15.6 Å². The van der Waals surface area contributed by atoms with Gasteiger partial charge in [0.05, 0.1) is 26.4 Å². The Labute approximate surface area is 590 Å². The van der Waals surface area contributed by atoms with Crippen molar-refractivity contribution in [2.45, 2.75) is 349 Å². The second-order valence-electron chi connectivity index (χ2n) is 25.2. The van der Waals surface area contributed by atoms with Gasteiger partial charge < -0.3 is 33.8 Å². The molecule has 19 heteroatoms. The van der Waals surface area contributed by atoms with Gasteiger partial charge in [0.15, 0.2) is 12.2 Å². The Morgan fingerprint density at radius 3 is 0.897 bits per heavy atom. The molecular weight excluding hydrogens is 1270 g/mol. The smallest absolute Gasteiger partial charge is 0.462 e. The fourth-order valence-electron chi connectivity index (χ4n) is 9.72. The van der Waals surface area contributed by atoms with E-state index in [1.807, 2.05) is 0 Å². The van der Waals surface area contributed by atoms with Crippen LogP contribution in [0.2, 0.25) is 0 Å². The molecule has 0 spiro atoms. The normalized spacial score (nSPS) is 14.2. The molecule has 0 amide bonds. The number of allylic oxidation sites excluding steroid dienone is 14. The predicted octanol–water partition coefficient (Wildman–Crippen LogP) is 22.1. The van der Waals surface area contributed by atoms with E-state index in [1.165, 1.54) is 103 Å². The van der Waals surface area contributed by atoms with E-state index in [0.29, 0.717) is 25.7 Å². The lowest BCUT2D eigenvalue weighted by molar-refractivity contribution is -0.161. The van der Waals surface area contributed by atoms with E-state index >= 15 is 0 Å². The molecule has 0 bridgehead atoms. The molecule has 97 heavy (non-hydrogen) atoms. The first-order valence-electron chi connectivity index (χ1n) is 38.2. The summed E-state index contributed by atoms with van der Waals surface area (Å²) in [6.45, 7) is 8.66. The number of carbonyl (C=O) groups excluding carboxylic acids is 4. The van der Waals surface area contributed by atoms with Gasteiger partial charge in [0.1, 0.15) is 19.3 Å². The molecule has 2 unspecified atom stereocenters. The van der Waals surface area contributed by atoms with Gasteiger partial charge in [-0.3, -0.25) is 37.3 Å². The highest BCUT2D eigenvalue weighted by molar-refractivity contribution is 7.47. The number of ether oxygens (including phenoxy) is 4. The molecule has 0 rings (SSSR count). The van der Waals surface area contributed by atoms with Gasteiger partial charge in [0.2, 0.25) is 0 Å². The summed E-state index contributed by atoms with van der Waals surface area (Å²) >= 11 is 0. The highest BCUT2D eigenvalue weighted by Crippen LogP contribution is 2.45. The summed E-state index contributed by atoms with van der Waals surface area (Å²) < 4.78 is 67.4. The fourth-order valence-corrected chi connectivity index (χ4v) is 11.3. The lowest BCUT2D eigenvalue weighted by Gasteiger charge is -2.21. The number of carbonyl (C=O) groups is 4. The Kier molecular flexibility index (Phi) is 72.2. The number of aliphatic hydroxyl groups excluding tert-OH is 1. The zero-order valence-corrected chi connectivity index (χ0v) is 63.6. The molecule has 0 aromatic carbocycles. The third-order valence-corrected chi connectivity index (χ3v) is 17.5. The topological polar surface area (TPSA) is 237 Å². The molecule has 5 atom stereocenters. The molecule has 0 aliphatic rings. The Hall–Kier alpha value is -3.76. The van der Waals surface area contributed by atoms with Crippen LogP contribution in [0.25, 0.3) is 0 Å². The molecule has 0 radical (unpaired) electrons. The van der Waals surface area contributed by atoms with Crippen LogP contribution in [0, 0.1) is 0 Å². The molecule has 0 saturated heterocycles. The van der Waals surface area contributed by atoms with Crippen LogP contribution < -0.4 is 0 Å². The van der Waals surface area contributed by atoms with Crippen molar-refractivity contribution >= 4 is 39.5 Å². The summed E-state index contributed by atoms with van der Waals surface area (Å²) in [5.41, 5.74) is 0. The highest BCUT2D eigenvalue weighted by atomic mass is 31.2. The lowest BCUT2D eigenvalue weighted by Crippen LogP contribution is -2.30. The molecule has 0 aromatic rings. The molecular formula is C78H140O17P2. The summed E-state index contributed by atoms with van der Waals surface area (Å²) in [7, 11) is -9.90. The Balaban J connectivity index is 0. The summed E-state index contributed by atoms with van der Waals surface area (Å²) in [5, 5.41) is 10.5. The van der Waals surface area contributed by atoms with E-state index in [4.69, 9.17) is 37.0 Å². The zero-order chi connectivity index (χ0) is 71.7. The molecule has 0 saturated carbocycles. The van der Waals surface area contributed by atoms with Crippen molar-refractivity contribution in [1.82, 2.24) is 0 Å². The second kappa shape index (κ2) is 73.5. The average Bonchev–Trinajstić information content (AvgIpc) is 1.10. The fraction of sp³-hybridized carbons (Fsp3) is 0.769. The largest absolute Gasteiger partial charge is 0.472 e. The van der Waals surface area contributed by atoms with E-state index in [-0.39, 0.29) is 25.7 Å². The zero-order valence-electron chi connectivity index (χ0n) is 61.8. The first kappa shape index (κ1) is 95.3. The number of rotatable bonds is 69. The van der Waals surface area contributed by atoms with Gasteiger partial charge in [0.25, 0.3) is 0 Å². The summed E-state index contributed by atoms with van der Waals surface area (Å²) in [4.78, 5) is 71.4. The van der Waals surface area contributed by atoms with Gasteiger partial charge in [0, 0.05) is 25.7 Å². The quantitative estimate of drug-likeness (QED) is 0.0169. The molecule has 0 aliphatic carbocycles. The third-order valence-electron chi connectivity index (χ3n) is 15.6. The number of unbranched alkanes of at least 4 members (excludes halogenated alkanes) is 30. The van der Waals surface area contributed by atoms with Gasteiger partial charge in [-0.15, -0.1) is 0 Å². The molecule has 17 nitrogen and oxygen atoms in total. The van der Waals surface area contributed by atoms with Crippen LogP contribution in [0.3, 0.4) is 0 Å². The first-order valence-corrected chi connectivity index (χ1v) is 41.2. The maximum Gasteiger partial charge on any atom is 0.472 e. The van der Waals surface area contributed by atoms with Crippen LogP contribution in [0.15, 0.2) is 85.1 Å². The van der Waals surface area contributed by atoms with Crippen molar-refractivity contribution in [2.24, 2.45) is 0 Å². The SMILES string of the molecule is C/C=C/C/C=C/CCCCC.CCCCC/C=C\C/C=C/CCCCCCCC(=O)O[C@H](COC(=O)CCC)COP(=O)(O)OC[C@H](O)COP(=O)(O)OC[C@@H](COC(=O)CCCCCCC/C=C/C/C=C/CCCCC)OC(=O)CCCCCCC/C=C/CCCCCCCC. The van der Waals surface area contributed by atoms with Gasteiger partial charge in [-0.1, -0.05) is 248 Å². The van der Waals surface area contributed by atoms with Gasteiger partial charge in [-0.2, -0.15) is 0 Å². The molecule has 0 aliphatic heterocycles. The number of aliphatic hydroxyl groups is 1. The minimum Gasteiger partial charge on any atom is -0.462 e. The van der Waals surface area contributed by atoms with Crippen molar-refractivity contribution in [3.05, 3.63) is 85.1 Å². The first-order chi connectivity index (χ1) is 47.1. The van der Waals surface area contributed by atoms with E-state index in [2.05, 4.69) is 120 Å². The van der Waals surface area contributed by atoms with E-state index < -0.39 is 97.5 Å².